The van der Waals surface area contributed by atoms with Crippen molar-refractivity contribution in [2.45, 2.75) is 0 Å². The molecular weight excluding hydrogens is 533 g/mol. The lowest BCUT2D eigenvalue weighted by Gasteiger charge is -2.09. The van der Waals surface area contributed by atoms with Gasteiger partial charge in [0.15, 0.2) is 23.3 Å². The zero-order chi connectivity index (χ0) is 28.4. The molecule has 0 spiro atoms. The molecule has 0 unspecified atom stereocenters. The van der Waals surface area contributed by atoms with Gasteiger partial charge in [-0.15, -0.1) is 0 Å². The van der Waals surface area contributed by atoms with E-state index in [0.717, 1.165) is 5.56 Å². The van der Waals surface area contributed by atoms with Crippen LogP contribution >= 0.6 is 0 Å². The molecular formula is C28H16F5N5O2. The lowest BCUT2D eigenvalue weighted by molar-refractivity contribution is 0.101. The summed E-state index contributed by atoms with van der Waals surface area (Å²) in [5.74, 6) is -12.6. The number of aromatic nitrogens is 3. The van der Waals surface area contributed by atoms with Crippen LogP contribution < -0.4 is 10.6 Å². The fourth-order valence-corrected chi connectivity index (χ4v) is 3.76. The Morgan fingerprint density at radius 1 is 0.650 bits per heavy atom. The largest absolute Gasteiger partial charge is 0.338 e. The van der Waals surface area contributed by atoms with Crippen molar-refractivity contribution in [1.82, 2.24) is 15.0 Å². The first-order chi connectivity index (χ1) is 19.2. The number of carbonyl (C=O) groups is 2. The first kappa shape index (κ1) is 26.2. The van der Waals surface area contributed by atoms with Crippen LogP contribution in [0.15, 0.2) is 79.3 Å². The molecule has 2 aromatic heterocycles. The molecule has 0 fully saturated rings. The summed E-state index contributed by atoms with van der Waals surface area (Å²) in [5.41, 5.74) is 1.51. The molecule has 0 saturated heterocycles. The number of imidazole rings is 1. The topological polar surface area (TPSA) is 99.8 Å². The van der Waals surface area contributed by atoms with Gasteiger partial charge in [0.1, 0.15) is 11.4 Å². The second-order valence-corrected chi connectivity index (χ2v) is 8.40. The number of nitrogens with zero attached hydrogens (tertiary/aromatic N) is 2. The maximum atomic E-state index is 13.9. The highest BCUT2D eigenvalue weighted by Gasteiger charge is 2.29. The molecule has 0 saturated carbocycles. The highest BCUT2D eigenvalue weighted by molar-refractivity contribution is 6.05. The van der Waals surface area contributed by atoms with Crippen molar-refractivity contribution in [2.24, 2.45) is 0 Å². The Bertz CT molecular complexity index is 1690. The van der Waals surface area contributed by atoms with Crippen LogP contribution in [0.2, 0.25) is 0 Å². The van der Waals surface area contributed by atoms with Gasteiger partial charge in [0.2, 0.25) is 5.82 Å². The molecule has 200 valence electrons. The Morgan fingerprint density at radius 3 is 1.77 bits per heavy atom. The third kappa shape index (κ3) is 5.14. The van der Waals surface area contributed by atoms with Crippen LogP contribution in [-0.4, -0.2) is 26.8 Å². The summed E-state index contributed by atoms with van der Waals surface area (Å²) in [6, 6.07) is 16.2. The number of rotatable bonds is 6. The van der Waals surface area contributed by atoms with E-state index in [1.54, 1.807) is 48.8 Å². The van der Waals surface area contributed by atoms with E-state index < -0.39 is 40.6 Å². The first-order valence-electron chi connectivity index (χ1n) is 11.5. The molecule has 3 N–H and O–H groups in total. The van der Waals surface area contributed by atoms with Crippen molar-refractivity contribution in [3.8, 4) is 22.6 Å². The predicted octanol–water partition coefficient (Wildman–Crippen LogP) is 6.34. The standard InChI is InChI=1S/C28H16F5N5O2/c29-21-20(22(30)24(32)25(33)23(21)31)28(40)37-18-9-5-15(6-10-18)26-35-13-19(38-26)14-3-7-17(8-4-14)36-27(39)16-2-1-11-34-12-16/h1-13H,(H,35,38)(H,36,39)(H,37,40). The van der Waals surface area contributed by atoms with E-state index >= 15 is 0 Å². The summed E-state index contributed by atoms with van der Waals surface area (Å²) < 4.78 is 67.9. The number of benzene rings is 3. The molecule has 0 bridgehead atoms. The Labute approximate surface area is 222 Å². The number of halogens is 5. The number of hydrogen-bond acceptors (Lipinski definition) is 4. The van der Waals surface area contributed by atoms with Crippen molar-refractivity contribution < 1.29 is 31.5 Å². The normalized spacial score (nSPS) is 10.8. The highest BCUT2D eigenvalue weighted by Crippen LogP contribution is 2.26. The van der Waals surface area contributed by atoms with E-state index in [1.165, 1.54) is 30.5 Å². The van der Waals surface area contributed by atoms with E-state index in [0.29, 0.717) is 28.3 Å². The zero-order valence-corrected chi connectivity index (χ0v) is 20.1. The minimum Gasteiger partial charge on any atom is -0.338 e. The van der Waals surface area contributed by atoms with Gasteiger partial charge < -0.3 is 15.6 Å². The summed E-state index contributed by atoms with van der Waals surface area (Å²) in [5, 5.41) is 4.89. The second kappa shape index (κ2) is 10.8. The van der Waals surface area contributed by atoms with Crippen LogP contribution in [0, 0.1) is 29.1 Å². The number of aromatic amines is 1. The van der Waals surface area contributed by atoms with E-state index in [1.807, 2.05) is 0 Å². The highest BCUT2D eigenvalue weighted by atomic mass is 19.2. The van der Waals surface area contributed by atoms with Crippen LogP contribution in [0.4, 0.5) is 33.3 Å². The number of anilines is 2. The predicted molar refractivity (Wildman–Crippen MR) is 136 cm³/mol. The van der Waals surface area contributed by atoms with Crippen molar-refractivity contribution in [1.29, 1.82) is 0 Å². The average Bonchev–Trinajstić information content (AvgIpc) is 3.47. The number of pyridine rings is 1. The summed E-state index contributed by atoms with van der Waals surface area (Å²) in [6.45, 7) is 0. The number of hydrogen-bond donors (Lipinski definition) is 3. The molecule has 2 amide bonds. The second-order valence-electron chi connectivity index (χ2n) is 8.40. The maximum absolute atomic E-state index is 13.9. The molecule has 0 radical (unpaired) electrons. The van der Waals surface area contributed by atoms with Crippen molar-refractivity contribution >= 4 is 23.2 Å². The molecule has 40 heavy (non-hydrogen) atoms. The van der Waals surface area contributed by atoms with Crippen molar-refractivity contribution in [3.05, 3.63) is 119 Å². The molecule has 12 heteroatoms. The zero-order valence-electron chi connectivity index (χ0n) is 20.1. The summed E-state index contributed by atoms with van der Waals surface area (Å²) in [4.78, 5) is 35.9. The molecule has 0 aliphatic rings. The molecule has 5 rings (SSSR count). The van der Waals surface area contributed by atoms with Gasteiger partial charge in [-0.1, -0.05) is 12.1 Å². The molecule has 0 aliphatic carbocycles. The number of nitrogens with one attached hydrogen (secondary N) is 3. The van der Waals surface area contributed by atoms with E-state index in [2.05, 4.69) is 25.6 Å². The van der Waals surface area contributed by atoms with Gasteiger partial charge in [0.25, 0.3) is 11.8 Å². The molecule has 7 nitrogen and oxygen atoms in total. The van der Waals surface area contributed by atoms with Gasteiger partial charge in [-0.05, 0) is 54.1 Å². The van der Waals surface area contributed by atoms with Crippen LogP contribution in [-0.2, 0) is 0 Å². The van der Waals surface area contributed by atoms with Gasteiger partial charge in [-0.3, -0.25) is 14.6 Å². The van der Waals surface area contributed by atoms with Gasteiger partial charge >= 0.3 is 0 Å². The van der Waals surface area contributed by atoms with Crippen LogP contribution in [0.5, 0.6) is 0 Å². The van der Waals surface area contributed by atoms with Gasteiger partial charge in [0, 0.05) is 29.3 Å². The maximum Gasteiger partial charge on any atom is 0.261 e. The summed E-state index contributed by atoms with van der Waals surface area (Å²) in [7, 11) is 0. The van der Waals surface area contributed by atoms with E-state index in [-0.39, 0.29) is 11.6 Å². The van der Waals surface area contributed by atoms with Crippen molar-refractivity contribution in [3.63, 3.8) is 0 Å². The smallest absolute Gasteiger partial charge is 0.261 e. The number of carbonyl (C=O) groups excluding carboxylic acids is 2. The minimum atomic E-state index is -2.35. The molecule has 0 atom stereocenters. The number of H-pyrrole nitrogens is 1. The average molecular weight is 549 g/mol. The van der Waals surface area contributed by atoms with Crippen LogP contribution in [0.1, 0.15) is 20.7 Å². The van der Waals surface area contributed by atoms with Crippen LogP contribution in [0.3, 0.4) is 0 Å². The number of amides is 2. The molecule has 5 aromatic rings. The van der Waals surface area contributed by atoms with E-state index in [4.69, 9.17) is 0 Å². The Morgan fingerprint density at radius 2 is 1.20 bits per heavy atom. The lowest BCUT2D eigenvalue weighted by Crippen LogP contribution is -2.19. The molecule has 2 heterocycles. The summed E-state index contributed by atoms with van der Waals surface area (Å²) >= 11 is 0. The minimum absolute atomic E-state index is 0.0494. The SMILES string of the molecule is O=C(Nc1ccc(-c2cnc(-c3ccc(NC(=O)c4c(F)c(F)c(F)c(F)c4F)cc3)[nH]2)cc1)c1cccnc1. The third-order valence-electron chi connectivity index (χ3n) is 5.81. The Balaban J connectivity index is 1.27. The third-order valence-corrected chi connectivity index (χ3v) is 5.81. The fourth-order valence-electron chi connectivity index (χ4n) is 3.76. The monoisotopic (exact) mass is 549 g/mol. The quantitative estimate of drug-likeness (QED) is 0.131. The lowest BCUT2D eigenvalue weighted by atomic mass is 10.1. The Kier molecular flexibility index (Phi) is 7.06. The molecule has 3 aromatic carbocycles. The van der Waals surface area contributed by atoms with Crippen LogP contribution in [0.25, 0.3) is 22.6 Å². The van der Waals surface area contributed by atoms with Gasteiger partial charge in [0.05, 0.1) is 17.5 Å². The van der Waals surface area contributed by atoms with Gasteiger partial charge in [-0.2, -0.15) is 0 Å². The summed E-state index contributed by atoms with van der Waals surface area (Å²) in [6.07, 6.45) is 4.63. The first-order valence-corrected chi connectivity index (χ1v) is 11.5. The van der Waals surface area contributed by atoms with E-state index in [9.17, 15) is 31.5 Å². The van der Waals surface area contributed by atoms with Crippen molar-refractivity contribution in [2.75, 3.05) is 10.6 Å². The molecule has 0 aliphatic heterocycles. The fraction of sp³-hybridized carbons (Fsp3) is 0. The Hall–Kier alpha value is -5.39. The van der Waals surface area contributed by atoms with Gasteiger partial charge in [-0.25, -0.2) is 26.9 Å².